The Morgan fingerprint density at radius 2 is 2.17 bits per heavy atom. The van der Waals surface area contributed by atoms with Crippen molar-refractivity contribution >= 4 is 0 Å². The van der Waals surface area contributed by atoms with Crippen LogP contribution in [0.25, 0.3) is 0 Å². The van der Waals surface area contributed by atoms with Crippen molar-refractivity contribution in [2.24, 2.45) is 5.73 Å². The molecular weight excluding hydrogens is 288 g/mol. The van der Waals surface area contributed by atoms with E-state index in [2.05, 4.69) is 34.1 Å². The summed E-state index contributed by atoms with van der Waals surface area (Å²) in [4.78, 5) is 0. The normalized spacial score (nSPS) is 14.7. The van der Waals surface area contributed by atoms with E-state index in [1.807, 2.05) is 12.1 Å². The summed E-state index contributed by atoms with van der Waals surface area (Å²) < 4.78 is 7.86. The van der Waals surface area contributed by atoms with Crippen LogP contribution in [-0.4, -0.2) is 21.6 Å². The van der Waals surface area contributed by atoms with E-state index in [-0.39, 0.29) is 0 Å². The van der Waals surface area contributed by atoms with E-state index in [4.69, 9.17) is 10.5 Å². The molecule has 0 spiro atoms. The first-order valence-electron chi connectivity index (χ1n) is 8.59. The van der Waals surface area contributed by atoms with Crippen LogP contribution in [0.1, 0.15) is 55.0 Å². The maximum Gasteiger partial charge on any atom is 0.119 e. The Kier molecular flexibility index (Phi) is 5.28. The zero-order valence-electron chi connectivity index (χ0n) is 13.9. The molecule has 0 atom stereocenters. The Balaban J connectivity index is 1.46. The molecule has 124 valence electrons. The van der Waals surface area contributed by atoms with Crippen molar-refractivity contribution in [1.82, 2.24) is 15.0 Å². The Bertz CT molecular complexity index is 634. The maximum atomic E-state index is 5.80. The summed E-state index contributed by atoms with van der Waals surface area (Å²) in [6, 6.07) is 8.18. The quantitative estimate of drug-likeness (QED) is 0.760. The highest BCUT2D eigenvalue weighted by Gasteiger charge is 2.26. The van der Waals surface area contributed by atoms with E-state index in [0.717, 1.165) is 37.4 Å². The van der Waals surface area contributed by atoms with Gasteiger partial charge in [0.1, 0.15) is 5.75 Å². The van der Waals surface area contributed by atoms with Gasteiger partial charge in [0.05, 0.1) is 18.0 Å². The first-order chi connectivity index (χ1) is 11.3. The lowest BCUT2D eigenvalue weighted by Crippen LogP contribution is -2.18. The lowest BCUT2D eigenvalue weighted by atomic mass is 9.82. The number of aryl methyl sites for hydroxylation is 2. The third-order valence-electron chi connectivity index (χ3n) is 4.55. The third kappa shape index (κ3) is 3.91. The number of ether oxygens (including phenoxy) is 1. The van der Waals surface area contributed by atoms with Crippen LogP contribution in [0.15, 0.2) is 24.3 Å². The predicted molar refractivity (Wildman–Crippen MR) is 90.4 cm³/mol. The van der Waals surface area contributed by atoms with Crippen molar-refractivity contribution in [2.45, 2.75) is 58.0 Å². The van der Waals surface area contributed by atoms with Gasteiger partial charge in [-0.3, -0.25) is 0 Å². The molecule has 5 nitrogen and oxygen atoms in total. The van der Waals surface area contributed by atoms with Gasteiger partial charge in [-0.05, 0) is 50.3 Å². The smallest absolute Gasteiger partial charge is 0.119 e. The molecule has 0 radical (unpaired) electrons. The molecular formula is C18H26N4O. The summed E-state index contributed by atoms with van der Waals surface area (Å²) in [5.41, 5.74) is 9.28. The molecule has 5 heteroatoms. The fourth-order valence-corrected chi connectivity index (χ4v) is 3.05. The van der Waals surface area contributed by atoms with Crippen molar-refractivity contribution in [3.63, 3.8) is 0 Å². The van der Waals surface area contributed by atoms with Gasteiger partial charge in [0.15, 0.2) is 0 Å². The molecule has 23 heavy (non-hydrogen) atoms. The fraction of sp³-hybridized carbons (Fsp3) is 0.556. The van der Waals surface area contributed by atoms with Gasteiger partial charge in [0, 0.05) is 19.0 Å². The number of aromatic nitrogens is 3. The number of unbranched alkanes of at least 4 members (excludes halogenated alkanes) is 1. The second-order valence-corrected chi connectivity index (χ2v) is 6.35. The molecule has 1 fully saturated rings. The van der Waals surface area contributed by atoms with E-state index in [1.165, 1.54) is 30.5 Å². The number of hydrogen-bond donors (Lipinski definition) is 1. The molecule has 0 unspecified atom stereocenters. The highest BCUT2D eigenvalue weighted by molar-refractivity contribution is 5.27. The van der Waals surface area contributed by atoms with Gasteiger partial charge < -0.3 is 10.5 Å². The zero-order chi connectivity index (χ0) is 16.1. The summed E-state index contributed by atoms with van der Waals surface area (Å²) >= 11 is 0. The molecule has 2 N–H and O–H groups in total. The Morgan fingerprint density at radius 3 is 2.87 bits per heavy atom. The molecule has 3 rings (SSSR count). The number of rotatable bonds is 8. The fourth-order valence-electron chi connectivity index (χ4n) is 3.05. The first-order valence-corrected chi connectivity index (χ1v) is 8.59. The average Bonchev–Trinajstić information content (AvgIpc) is 2.88. The van der Waals surface area contributed by atoms with Gasteiger partial charge in [-0.2, -0.15) is 0 Å². The van der Waals surface area contributed by atoms with Crippen LogP contribution in [0, 0.1) is 6.92 Å². The zero-order valence-corrected chi connectivity index (χ0v) is 13.9. The van der Waals surface area contributed by atoms with Crippen LogP contribution in [0.4, 0.5) is 0 Å². The summed E-state index contributed by atoms with van der Waals surface area (Å²) in [7, 11) is 0. The lowest BCUT2D eigenvalue weighted by molar-refractivity contribution is 0.299. The first kappa shape index (κ1) is 16.0. The van der Waals surface area contributed by atoms with Crippen LogP contribution in [-0.2, 0) is 13.1 Å². The minimum Gasteiger partial charge on any atom is -0.494 e. The van der Waals surface area contributed by atoms with Gasteiger partial charge in [0.2, 0.25) is 0 Å². The van der Waals surface area contributed by atoms with Gasteiger partial charge in [-0.1, -0.05) is 23.8 Å². The van der Waals surface area contributed by atoms with Gasteiger partial charge in [-0.15, -0.1) is 5.10 Å². The molecule has 0 amide bonds. The Hall–Kier alpha value is -1.88. The van der Waals surface area contributed by atoms with Crippen LogP contribution in [0.3, 0.4) is 0 Å². The van der Waals surface area contributed by atoms with Gasteiger partial charge >= 0.3 is 0 Å². The highest BCUT2D eigenvalue weighted by Crippen LogP contribution is 2.37. The summed E-state index contributed by atoms with van der Waals surface area (Å²) in [6.07, 6.45) is 5.85. The van der Waals surface area contributed by atoms with Crippen LogP contribution in [0.2, 0.25) is 0 Å². The summed E-state index contributed by atoms with van der Waals surface area (Å²) in [5.74, 6) is 1.57. The second-order valence-electron chi connectivity index (χ2n) is 6.35. The van der Waals surface area contributed by atoms with Crippen molar-refractivity contribution in [3.8, 4) is 5.75 Å². The molecule has 1 aliphatic rings. The lowest BCUT2D eigenvalue weighted by Gasteiger charge is -2.26. The summed E-state index contributed by atoms with van der Waals surface area (Å²) in [5, 5.41) is 8.55. The number of hydrogen-bond acceptors (Lipinski definition) is 4. The highest BCUT2D eigenvalue weighted by atomic mass is 16.5. The Morgan fingerprint density at radius 1 is 1.30 bits per heavy atom. The second kappa shape index (κ2) is 7.59. The number of benzene rings is 1. The minimum atomic E-state index is 0.488. The van der Waals surface area contributed by atoms with E-state index < -0.39 is 0 Å². The van der Waals surface area contributed by atoms with Gasteiger partial charge in [-0.25, -0.2) is 4.68 Å². The molecule has 1 aromatic heterocycles. The molecule has 2 aromatic rings. The van der Waals surface area contributed by atoms with Crippen molar-refractivity contribution in [3.05, 3.63) is 41.2 Å². The van der Waals surface area contributed by atoms with E-state index in [0.29, 0.717) is 12.5 Å². The minimum absolute atomic E-state index is 0.488. The molecule has 1 saturated carbocycles. The molecule has 0 saturated heterocycles. The van der Waals surface area contributed by atoms with Crippen LogP contribution < -0.4 is 10.5 Å². The van der Waals surface area contributed by atoms with Crippen molar-refractivity contribution in [2.75, 3.05) is 6.61 Å². The topological polar surface area (TPSA) is 66.0 Å². The van der Waals surface area contributed by atoms with Crippen molar-refractivity contribution < 1.29 is 4.74 Å². The number of nitrogens with two attached hydrogens (primary N) is 1. The van der Waals surface area contributed by atoms with Crippen LogP contribution >= 0.6 is 0 Å². The largest absolute Gasteiger partial charge is 0.494 e. The Labute approximate surface area is 137 Å². The van der Waals surface area contributed by atoms with E-state index in [9.17, 15) is 0 Å². The van der Waals surface area contributed by atoms with E-state index in [1.54, 1.807) is 0 Å². The van der Waals surface area contributed by atoms with Gasteiger partial charge in [0.25, 0.3) is 0 Å². The molecule has 1 heterocycles. The molecule has 1 aromatic carbocycles. The SMILES string of the molecule is Cc1cccc(OCCCCn2nnc(CN)c2C2CCC2)c1. The molecule has 0 bridgehead atoms. The predicted octanol–water partition coefficient (Wildman–Crippen LogP) is 3.17. The van der Waals surface area contributed by atoms with Crippen LogP contribution in [0.5, 0.6) is 5.75 Å². The van der Waals surface area contributed by atoms with Crippen molar-refractivity contribution in [1.29, 1.82) is 0 Å². The standard InChI is InChI=1S/C18H26N4O/c1-14-6-4-9-16(12-14)23-11-3-2-10-22-18(15-7-5-8-15)17(13-19)20-21-22/h4,6,9,12,15H,2-3,5,7-8,10-11,13,19H2,1H3. The summed E-state index contributed by atoms with van der Waals surface area (Å²) in [6.45, 7) is 4.20. The van der Waals surface area contributed by atoms with E-state index >= 15 is 0 Å². The number of nitrogens with zero attached hydrogens (tertiary/aromatic N) is 3. The molecule has 1 aliphatic carbocycles. The third-order valence-corrected chi connectivity index (χ3v) is 4.55. The monoisotopic (exact) mass is 314 g/mol. The average molecular weight is 314 g/mol. The maximum absolute atomic E-state index is 5.80. The molecule has 0 aliphatic heterocycles.